The zero-order valence-electron chi connectivity index (χ0n) is 13.2. The van der Waals surface area contributed by atoms with Crippen molar-refractivity contribution in [1.82, 2.24) is 5.48 Å². The summed E-state index contributed by atoms with van der Waals surface area (Å²) in [5, 5.41) is 0. The van der Waals surface area contributed by atoms with Gasteiger partial charge in [0.15, 0.2) is 6.29 Å². The lowest BCUT2D eigenvalue weighted by Crippen LogP contribution is -2.36. The maximum atomic E-state index is 12.8. The number of fused-ring (bicyclic) bond motifs is 2. The molecule has 24 heavy (non-hydrogen) atoms. The van der Waals surface area contributed by atoms with Gasteiger partial charge in [0.1, 0.15) is 11.5 Å². The number of ether oxygens (including phenoxy) is 2. The van der Waals surface area contributed by atoms with Crippen molar-refractivity contribution in [2.24, 2.45) is 0 Å². The molecule has 0 radical (unpaired) electrons. The molecular weight excluding hydrogens is 306 g/mol. The molecule has 5 heteroatoms. The fraction of sp³-hybridized carbons (Fsp3) is 0.316. The molecular formula is C19H19NO4. The van der Waals surface area contributed by atoms with Crippen molar-refractivity contribution >= 4 is 5.91 Å². The van der Waals surface area contributed by atoms with Crippen molar-refractivity contribution in [3.8, 4) is 11.5 Å². The van der Waals surface area contributed by atoms with Crippen LogP contribution in [0.3, 0.4) is 0 Å². The standard InChI is InChI=1S/C19H19NO4/c21-19(20-24-17-11-5-6-12-22-17)18-13-7-1-3-9-15(13)23-16-10-4-2-8-14(16)18/h1-4,7-10,17-18H,5-6,11-12H2,(H,20,21). The molecule has 1 saturated heterocycles. The molecule has 1 N–H and O–H groups in total. The Morgan fingerprint density at radius 3 is 2.29 bits per heavy atom. The average Bonchev–Trinajstić information content (AvgIpc) is 2.65. The van der Waals surface area contributed by atoms with Crippen LogP contribution in [-0.4, -0.2) is 18.8 Å². The average molecular weight is 325 g/mol. The van der Waals surface area contributed by atoms with Crippen molar-refractivity contribution in [3.05, 3.63) is 59.7 Å². The smallest absolute Gasteiger partial charge is 0.255 e. The van der Waals surface area contributed by atoms with Gasteiger partial charge in [-0.1, -0.05) is 36.4 Å². The largest absolute Gasteiger partial charge is 0.457 e. The maximum absolute atomic E-state index is 12.8. The summed E-state index contributed by atoms with van der Waals surface area (Å²) in [7, 11) is 0. The Morgan fingerprint density at radius 2 is 1.67 bits per heavy atom. The van der Waals surface area contributed by atoms with Crippen LogP contribution < -0.4 is 10.2 Å². The van der Waals surface area contributed by atoms with Crippen LogP contribution >= 0.6 is 0 Å². The number of hydrogen-bond donors (Lipinski definition) is 1. The van der Waals surface area contributed by atoms with E-state index in [2.05, 4.69) is 5.48 Å². The molecule has 0 saturated carbocycles. The van der Waals surface area contributed by atoms with Gasteiger partial charge in [-0.25, -0.2) is 10.3 Å². The molecule has 2 heterocycles. The van der Waals surface area contributed by atoms with E-state index in [1.165, 1.54) is 0 Å². The molecule has 2 aromatic carbocycles. The summed E-state index contributed by atoms with van der Waals surface area (Å²) in [6.45, 7) is 0.670. The first-order valence-corrected chi connectivity index (χ1v) is 8.26. The van der Waals surface area contributed by atoms with Crippen LogP contribution in [0.25, 0.3) is 0 Å². The molecule has 124 valence electrons. The van der Waals surface area contributed by atoms with E-state index in [0.717, 1.165) is 30.4 Å². The lowest BCUT2D eigenvalue weighted by Gasteiger charge is -2.28. The van der Waals surface area contributed by atoms with E-state index < -0.39 is 5.92 Å². The number of para-hydroxylation sites is 2. The van der Waals surface area contributed by atoms with Gasteiger partial charge in [0.25, 0.3) is 5.91 Å². The summed E-state index contributed by atoms with van der Waals surface area (Å²) in [4.78, 5) is 18.3. The highest BCUT2D eigenvalue weighted by atomic mass is 16.8. The number of hydroxylamine groups is 1. The first-order valence-electron chi connectivity index (χ1n) is 8.26. The van der Waals surface area contributed by atoms with Crippen molar-refractivity contribution in [2.45, 2.75) is 31.5 Å². The molecule has 2 aliphatic rings. The minimum atomic E-state index is -0.463. The summed E-state index contributed by atoms with van der Waals surface area (Å²) in [5.41, 5.74) is 4.25. The second kappa shape index (κ2) is 6.63. The molecule has 2 aliphatic heterocycles. The van der Waals surface area contributed by atoms with Gasteiger partial charge >= 0.3 is 0 Å². The van der Waals surface area contributed by atoms with Crippen molar-refractivity contribution in [2.75, 3.05) is 6.61 Å². The zero-order valence-corrected chi connectivity index (χ0v) is 13.2. The monoisotopic (exact) mass is 325 g/mol. The van der Waals surface area contributed by atoms with E-state index in [9.17, 15) is 4.79 Å². The van der Waals surface area contributed by atoms with Crippen LogP contribution in [0.2, 0.25) is 0 Å². The van der Waals surface area contributed by atoms with Gasteiger partial charge in [0.05, 0.1) is 5.92 Å². The molecule has 0 aromatic heterocycles. The first-order chi connectivity index (χ1) is 11.8. The number of rotatable bonds is 3. The quantitative estimate of drug-likeness (QED) is 0.878. The van der Waals surface area contributed by atoms with Gasteiger partial charge < -0.3 is 9.47 Å². The van der Waals surface area contributed by atoms with Crippen LogP contribution in [-0.2, 0) is 14.4 Å². The molecule has 5 nitrogen and oxygen atoms in total. The van der Waals surface area contributed by atoms with E-state index in [0.29, 0.717) is 18.1 Å². The number of nitrogens with one attached hydrogen (secondary N) is 1. The molecule has 0 spiro atoms. The summed E-state index contributed by atoms with van der Waals surface area (Å²) in [5.74, 6) is 0.720. The summed E-state index contributed by atoms with van der Waals surface area (Å²) < 4.78 is 11.4. The molecule has 1 atom stereocenters. The van der Waals surface area contributed by atoms with Crippen LogP contribution in [0.4, 0.5) is 0 Å². The van der Waals surface area contributed by atoms with E-state index in [-0.39, 0.29) is 12.2 Å². The third-order valence-corrected chi connectivity index (χ3v) is 4.37. The molecule has 1 unspecified atom stereocenters. The number of carbonyl (C=O) groups is 1. The van der Waals surface area contributed by atoms with Gasteiger partial charge in [-0.15, -0.1) is 0 Å². The third kappa shape index (κ3) is 2.88. The Balaban J connectivity index is 1.58. The van der Waals surface area contributed by atoms with Crippen LogP contribution in [0.1, 0.15) is 36.3 Å². The predicted octanol–water partition coefficient (Wildman–Crippen LogP) is 3.50. The van der Waals surface area contributed by atoms with Crippen molar-refractivity contribution < 1.29 is 19.1 Å². The Bertz CT molecular complexity index is 694. The van der Waals surface area contributed by atoms with Crippen LogP contribution in [0, 0.1) is 0 Å². The number of benzene rings is 2. The lowest BCUT2D eigenvalue weighted by atomic mass is 9.87. The van der Waals surface area contributed by atoms with Crippen LogP contribution in [0.5, 0.6) is 11.5 Å². The zero-order chi connectivity index (χ0) is 16.4. The summed E-state index contributed by atoms with van der Waals surface area (Å²) in [6.07, 6.45) is 2.51. The van der Waals surface area contributed by atoms with Gasteiger partial charge in [0, 0.05) is 24.2 Å². The second-order valence-corrected chi connectivity index (χ2v) is 5.99. The maximum Gasteiger partial charge on any atom is 0.255 e. The Kier molecular flexibility index (Phi) is 4.19. The highest BCUT2D eigenvalue weighted by Gasteiger charge is 2.33. The topological polar surface area (TPSA) is 56.8 Å². The van der Waals surface area contributed by atoms with E-state index in [1.54, 1.807) is 0 Å². The second-order valence-electron chi connectivity index (χ2n) is 5.99. The Labute approximate surface area is 140 Å². The molecule has 4 rings (SSSR count). The SMILES string of the molecule is O=C(NOC1CCCCO1)C1c2ccccc2Oc2ccccc21. The molecule has 1 fully saturated rings. The predicted molar refractivity (Wildman–Crippen MR) is 87.6 cm³/mol. The lowest BCUT2D eigenvalue weighted by molar-refractivity contribution is -0.200. The van der Waals surface area contributed by atoms with Gasteiger partial charge in [0.2, 0.25) is 0 Å². The Hall–Kier alpha value is -2.37. The molecule has 2 aromatic rings. The van der Waals surface area contributed by atoms with Crippen molar-refractivity contribution in [1.29, 1.82) is 0 Å². The van der Waals surface area contributed by atoms with Crippen molar-refractivity contribution in [3.63, 3.8) is 0 Å². The molecule has 1 amide bonds. The fourth-order valence-corrected chi connectivity index (χ4v) is 3.18. The van der Waals surface area contributed by atoms with Crippen LogP contribution in [0.15, 0.2) is 48.5 Å². The first kappa shape index (κ1) is 15.2. The van der Waals surface area contributed by atoms with E-state index in [4.69, 9.17) is 14.3 Å². The third-order valence-electron chi connectivity index (χ3n) is 4.37. The van der Waals surface area contributed by atoms with E-state index in [1.807, 2.05) is 48.5 Å². The Morgan fingerprint density at radius 1 is 1.00 bits per heavy atom. The summed E-state index contributed by atoms with van der Waals surface area (Å²) in [6, 6.07) is 15.2. The normalized spacial score (nSPS) is 19.8. The molecule has 0 bridgehead atoms. The van der Waals surface area contributed by atoms with Gasteiger partial charge in [-0.05, 0) is 25.0 Å². The summed E-state index contributed by atoms with van der Waals surface area (Å²) >= 11 is 0. The highest BCUT2D eigenvalue weighted by molar-refractivity contribution is 5.88. The fourth-order valence-electron chi connectivity index (χ4n) is 3.18. The van der Waals surface area contributed by atoms with Gasteiger partial charge in [-0.3, -0.25) is 4.79 Å². The number of amides is 1. The molecule has 0 aliphatic carbocycles. The minimum absolute atomic E-state index is 0.215. The number of hydrogen-bond acceptors (Lipinski definition) is 4. The van der Waals surface area contributed by atoms with E-state index >= 15 is 0 Å². The number of carbonyl (C=O) groups excluding carboxylic acids is 1. The van der Waals surface area contributed by atoms with Gasteiger partial charge in [-0.2, -0.15) is 0 Å². The minimum Gasteiger partial charge on any atom is -0.457 e. The highest BCUT2D eigenvalue weighted by Crippen LogP contribution is 2.43.